The van der Waals surface area contributed by atoms with Crippen LogP contribution < -0.4 is 0 Å². The van der Waals surface area contributed by atoms with E-state index in [0.717, 1.165) is 23.5 Å². The van der Waals surface area contributed by atoms with E-state index >= 15 is 0 Å². The summed E-state index contributed by atoms with van der Waals surface area (Å²) >= 11 is 3.21. The highest BCUT2D eigenvalue weighted by Crippen LogP contribution is 2.29. The van der Waals surface area contributed by atoms with Crippen molar-refractivity contribution in [2.45, 2.75) is 25.9 Å². The predicted molar refractivity (Wildman–Crippen MR) is 65.9 cm³/mol. The van der Waals surface area contributed by atoms with Crippen LogP contribution in [0.15, 0.2) is 23.1 Å². The number of alkyl halides is 3. The van der Waals surface area contributed by atoms with E-state index in [0.29, 0.717) is 22.7 Å². The average Bonchev–Trinajstić information content (AvgIpc) is 2.77. The van der Waals surface area contributed by atoms with Gasteiger partial charge in [0.2, 0.25) is 0 Å². The van der Waals surface area contributed by atoms with E-state index in [-0.39, 0.29) is 0 Å². The maximum absolute atomic E-state index is 12.5. The maximum atomic E-state index is 12.5. The van der Waals surface area contributed by atoms with Crippen molar-refractivity contribution < 1.29 is 13.2 Å². The third-order valence-electron chi connectivity index (χ3n) is 2.35. The van der Waals surface area contributed by atoms with Gasteiger partial charge in [0.25, 0.3) is 0 Å². The van der Waals surface area contributed by atoms with Gasteiger partial charge in [-0.05, 0) is 22.4 Å². The van der Waals surface area contributed by atoms with Crippen LogP contribution in [0.4, 0.5) is 13.2 Å². The van der Waals surface area contributed by atoms with E-state index < -0.39 is 11.7 Å². The van der Waals surface area contributed by atoms with Crippen LogP contribution in [0.1, 0.15) is 24.7 Å². The number of aromatic nitrogens is 4. The molecule has 8 heteroatoms. The summed E-state index contributed by atoms with van der Waals surface area (Å²) in [5.41, 5.74) is -0.806. The summed E-state index contributed by atoms with van der Waals surface area (Å²) in [4.78, 5) is 8.33. The number of hydrogen-bond acceptors (Lipinski definition) is 3. The molecule has 4 nitrogen and oxygen atoms in total. The van der Waals surface area contributed by atoms with Gasteiger partial charge >= 0.3 is 6.18 Å². The average molecular weight is 335 g/mol. The van der Waals surface area contributed by atoms with Crippen molar-refractivity contribution >= 4 is 15.9 Å². The zero-order chi connectivity index (χ0) is 14.0. The highest BCUT2D eigenvalue weighted by molar-refractivity contribution is 9.10. The topological polar surface area (TPSA) is 43.6 Å². The molecule has 0 aliphatic heterocycles. The Labute approximate surface area is 115 Å². The Kier molecular flexibility index (Phi) is 3.88. The monoisotopic (exact) mass is 334 g/mol. The molecule has 0 atom stereocenters. The summed E-state index contributed by atoms with van der Waals surface area (Å²) in [6.45, 7) is 1.97. The van der Waals surface area contributed by atoms with Gasteiger partial charge in [-0.15, -0.1) is 0 Å². The van der Waals surface area contributed by atoms with Crippen LogP contribution in [-0.4, -0.2) is 19.7 Å². The molecule has 0 N–H and O–H groups in total. The molecular formula is C11H10BrF3N4. The summed E-state index contributed by atoms with van der Waals surface area (Å²) in [7, 11) is 0. The Balaban J connectivity index is 2.38. The van der Waals surface area contributed by atoms with Crippen molar-refractivity contribution in [2.75, 3.05) is 0 Å². The lowest BCUT2D eigenvalue weighted by atomic mass is 10.3. The largest absolute Gasteiger partial charge is 0.419 e. The Hall–Kier alpha value is -1.44. The fraction of sp³-hybridized carbons (Fsp3) is 0.364. The van der Waals surface area contributed by atoms with Crippen LogP contribution >= 0.6 is 15.9 Å². The molecule has 0 aromatic carbocycles. The first-order chi connectivity index (χ1) is 8.90. The molecule has 0 unspecified atom stereocenters. The summed E-state index contributed by atoms with van der Waals surface area (Å²) in [5.74, 6) is 0.872. The summed E-state index contributed by atoms with van der Waals surface area (Å²) < 4.78 is 39.1. The van der Waals surface area contributed by atoms with Gasteiger partial charge in [-0.25, -0.2) is 14.6 Å². The second-order valence-electron chi connectivity index (χ2n) is 3.89. The zero-order valence-electron chi connectivity index (χ0n) is 9.95. The molecule has 2 aromatic heterocycles. The van der Waals surface area contributed by atoms with Crippen LogP contribution in [0.25, 0.3) is 5.82 Å². The van der Waals surface area contributed by atoms with Crippen molar-refractivity contribution in [3.05, 3.63) is 34.5 Å². The van der Waals surface area contributed by atoms with E-state index in [1.165, 1.54) is 6.07 Å². The van der Waals surface area contributed by atoms with E-state index in [9.17, 15) is 13.2 Å². The predicted octanol–water partition coefficient (Wildman–Crippen LogP) is 3.40. The van der Waals surface area contributed by atoms with Gasteiger partial charge < -0.3 is 0 Å². The smallest absolute Gasteiger partial charge is 0.226 e. The molecule has 0 amide bonds. The number of rotatable bonds is 3. The lowest BCUT2D eigenvalue weighted by Gasteiger charge is -2.04. The fourth-order valence-electron chi connectivity index (χ4n) is 1.50. The molecule has 0 aliphatic rings. The molecule has 2 heterocycles. The van der Waals surface area contributed by atoms with E-state index in [4.69, 9.17) is 0 Å². The highest BCUT2D eigenvalue weighted by atomic mass is 79.9. The zero-order valence-corrected chi connectivity index (χ0v) is 11.5. The Morgan fingerprint density at radius 1 is 1.32 bits per heavy atom. The minimum Gasteiger partial charge on any atom is -0.226 e. The number of aryl methyl sites for hydroxylation is 1. The van der Waals surface area contributed by atoms with Crippen LogP contribution in [0, 0.1) is 0 Å². The van der Waals surface area contributed by atoms with E-state index in [1.54, 1.807) is 0 Å². The van der Waals surface area contributed by atoms with Gasteiger partial charge in [-0.2, -0.15) is 18.3 Å². The Morgan fingerprint density at radius 3 is 2.63 bits per heavy atom. The van der Waals surface area contributed by atoms with E-state index in [2.05, 4.69) is 31.0 Å². The molecule has 0 bridgehead atoms. The Bertz CT molecular complexity index is 580. The first kappa shape index (κ1) is 14.0. The molecule has 2 rings (SSSR count). The van der Waals surface area contributed by atoms with Crippen molar-refractivity contribution in [1.29, 1.82) is 0 Å². The summed E-state index contributed by atoms with van der Waals surface area (Å²) in [6, 6.07) is 1.52. The first-order valence-corrected chi connectivity index (χ1v) is 6.35. The third-order valence-corrected chi connectivity index (χ3v) is 2.75. The lowest BCUT2D eigenvalue weighted by Crippen LogP contribution is -2.05. The molecule has 102 valence electrons. The summed E-state index contributed by atoms with van der Waals surface area (Å²) in [5, 5.41) is 3.68. The van der Waals surface area contributed by atoms with Crippen LogP contribution in [0.2, 0.25) is 0 Å². The quantitative estimate of drug-likeness (QED) is 0.808. The van der Waals surface area contributed by atoms with Crippen LogP contribution in [0.5, 0.6) is 0 Å². The van der Waals surface area contributed by atoms with E-state index in [1.807, 2.05) is 6.92 Å². The second kappa shape index (κ2) is 5.28. The van der Waals surface area contributed by atoms with Gasteiger partial charge in [0.05, 0.1) is 11.8 Å². The normalized spacial score (nSPS) is 11.8. The van der Waals surface area contributed by atoms with Crippen molar-refractivity contribution in [1.82, 2.24) is 19.7 Å². The highest BCUT2D eigenvalue weighted by Gasteiger charge is 2.32. The molecule has 0 spiro atoms. The number of halogens is 4. The molecule has 0 aliphatic carbocycles. The van der Waals surface area contributed by atoms with Gasteiger partial charge in [-0.1, -0.05) is 6.92 Å². The number of nitrogens with zero attached hydrogens (tertiary/aromatic N) is 4. The third kappa shape index (κ3) is 3.31. The number of hydrogen-bond donors (Lipinski definition) is 0. The standard InChI is InChI=1S/C11H10BrF3N4/c1-2-3-9-17-8(12)4-10(18-9)19-6-7(5-16-19)11(13,14)15/h4-6H,2-3H2,1H3. The molecule has 19 heavy (non-hydrogen) atoms. The van der Waals surface area contributed by atoms with Crippen molar-refractivity contribution in [2.24, 2.45) is 0 Å². The van der Waals surface area contributed by atoms with Gasteiger partial charge in [0.1, 0.15) is 10.4 Å². The first-order valence-electron chi connectivity index (χ1n) is 5.56. The molecular weight excluding hydrogens is 325 g/mol. The van der Waals surface area contributed by atoms with Gasteiger partial charge in [0.15, 0.2) is 5.82 Å². The fourth-order valence-corrected chi connectivity index (χ4v) is 1.91. The van der Waals surface area contributed by atoms with Gasteiger partial charge in [0, 0.05) is 18.7 Å². The molecule has 2 aromatic rings. The van der Waals surface area contributed by atoms with Crippen LogP contribution in [-0.2, 0) is 12.6 Å². The maximum Gasteiger partial charge on any atom is 0.419 e. The molecule has 0 fully saturated rings. The van der Waals surface area contributed by atoms with Crippen molar-refractivity contribution in [3.8, 4) is 5.82 Å². The Morgan fingerprint density at radius 2 is 2.05 bits per heavy atom. The van der Waals surface area contributed by atoms with Crippen LogP contribution in [0.3, 0.4) is 0 Å². The minimum atomic E-state index is -4.41. The molecule has 0 saturated heterocycles. The minimum absolute atomic E-state index is 0.306. The SMILES string of the molecule is CCCc1nc(Br)cc(-n2cc(C(F)(F)F)cn2)n1. The second-order valence-corrected chi connectivity index (χ2v) is 4.70. The van der Waals surface area contributed by atoms with Gasteiger partial charge in [-0.3, -0.25) is 0 Å². The molecule has 0 radical (unpaired) electrons. The molecule has 0 saturated carbocycles. The van der Waals surface area contributed by atoms with Crippen molar-refractivity contribution in [3.63, 3.8) is 0 Å². The summed E-state index contributed by atoms with van der Waals surface area (Å²) in [6.07, 6.45) is -1.22. The lowest BCUT2D eigenvalue weighted by molar-refractivity contribution is -0.137.